The van der Waals surface area contributed by atoms with Crippen LogP contribution in [0.4, 0.5) is 0 Å². The van der Waals surface area contributed by atoms with E-state index in [0.29, 0.717) is 0 Å². The molecule has 0 saturated carbocycles. The van der Waals surface area contributed by atoms with Crippen LogP contribution in [0.2, 0.25) is 0 Å². The second-order valence-corrected chi connectivity index (χ2v) is 9.20. The summed E-state index contributed by atoms with van der Waals surface area (Å²) in [6.07, 6.45) is 3.47. The van der Waals surface area contributed by atoms with E-state index in [0.717, 1.165) is 76.8 Å². The Morgan fingerprint density at radius 3 is 2.71 bits per heavy atom. The van der Waals surface area contributed by atoms with E-state index in [4.69, 9.17) is 9.72 Å². The molecule has 5 nitrogen and oxygen atoms in total. The van der Waals surface area contributed by atoms with Crippen LogP contribution < -0.4 is 4.74 Å². The lowest BCUT2D eigenvalue weighted by Crippen LogP contribution is -2.35. The van der Waals surface area contributed by atoms with Crippen molar-refractivity contribution in [2.24, 2.45) is 0 Å². The molecule has 0 radical (unpaired) electrons. The van der Waals surface area contributed by atoms with E-state index in [-0.39, 0.29) is 5.91 Å². The largest absolute Gasteiger partial charge is 0.497 e. The number of methoxy groups -OCH3 is 1. The molecule has 1 fully saturated rings. The summed E-state index contributed by atoms with van der Waals surface area (Å²) in [5.74, 6) is 0.980. The van der Waals surface area contributed by atoms with Crippen molar-refractivity contribution in [3.05, 3.63) is 47.0 Å². The van der Waals surface area contributed by atoms with Gasteiger partial charge in [0, 0.05) is 25.2 Å². The normalized spacial score (nSPS) is 15.3. The number of carbonyl (C=O) groups excluding carboxylic acids is 1. The minimum Gasteiger partial charge on any atom is -0.497 e. The fourth-order valence-electron chi connectivity index (χ4n) is 4.13. The number of ether oxygens (including phenoxy) is 1. The average molecular weight is 438 g/mol. The Morgan fingerprint density at radius 2 is 1.90 bits per heavy atom. The predicted octanol–water partition coefficient (Wildman–Crippen LogP) is 5.23. The van der Waals surface area contributed by atoms with Gasteiger partial charge in [0.1, 0.15) is 15.6 Å². The third kappa shape index (κ3) is 4.91. The van der Waals surface area contributed by atoms with E-state index in [1.54, 1.807) is 7.11 Å². The van der Waals surface area contributed by atoms with Crippen LogP contribution in [0, 0.1) is 6.92 Å². The fourth-order valence-corrected chi connectivity index (χ4v) is 5.16. The molecule has 1 saturated heterocycles. The average Bonchev–Trinajstić information content (AvgIpc) is 3.03. The molecule has 164 valence electrons. The minimum atomic E-state index is 0.129. The molecule has 1 amide bonds. The van der Waals surface area contributed by atoms with Crippen LogP contribution in [0.3, 0.4) is 0 Å². The third-order valence-electron chi connectivity index (χ3n) is 5.99. The SMILES string of the molecule is CCCCN1CCCN(C(=O)c2sc(-c3ccc4cc(OC)ccc4c3)nc2C)CC1. The molecule has 31 heavy (non-hydrogen) atoms. The second-order valence-electron chi connectivity index (χ2n) is 8.20. The van der Waals surface area contributed by atoms with Gasteiger partial charge in [-0.05, 0) is 61.8 Å². The first-order valence-corrected chi connectivity index (χ1v) is 12.0. The van der Waals surface area contributed by atoms with Gasteiger partial charge >= 0.3 is 0 Å². The van der Waals surface area contributed by atoms with Crippen molar-refractivity contribution >= 4 is 28.0 Å². The van der Waals surface area contributed by atoms with Crippen LogP contribution in [-0.2, 0) is 0 Å². The van der Waals surface area contributed by atoms with Crippen molar-refractivity contribution < 1.29 is 9.53 Å². The predicted molar refractivity (Wildman–Crippen MR) is 128 cm³/mol. The first-order chi connectivity index (χ1) is 15.1. The van der Waals surface area contributed by atoms with E-state index >= 15 is 0 Å². The van der Waals surface area contributed by atoms with Crippen LogP contribution in [0.15, 0.2) is 36.4 Å². The number of amides is 1. The fraction of sp³-hybridized carbons (Fsp3) is 0.440. The number of carbonyl (C=O) groups is 1. The Balaban J connectivity index is 1.52. The minimum absolute atomic E-state index is 0.129. The van der Waals surface area contributed by atoms with E-state index in [1.165, 1.54) is 24.2 Å². The number of fused-ring (bicyclic) bond motifs is 1. The number of benzene rings is 2. The Labute approximate surface area is 188 Å². The zero-order valence-corrected chi connectivity index (χ0v) is 19.5. The number of aromatic nitrogens is 1. The highest BCUT2D eigenvalue weighted by Crippen LogP contribution is 2.32. The Kier molecular flexibility index (Phi) is 6.88. The van der Waals surface area contributed by atoms with Gasteiger partial charge in [-0.3, -0.25) is 4.79 Å². The van der Waals surface area contributed by atoms with Gasteiger partial charge in [-0.1, -0.05) is 31.5 Å². The molecule has 1 aliphatic heterocycles. The number of rotatable bonds is 6. The number of aryl methyl sites for hydroxylation is 1. The molecule has 0 spiro atoms. The maximum absolute atomic E-state index is 13.3. The lowest BCUT2D eigenvalue weighted by molar-refractivity contribution is 0.0765. The number of hydrogen-bond acceptors (Lipinski definition) is 5. The third-order valence-corrected chi connectivity index (χ3v) is 7.18. The van der Waals surface area contributed by atoms with Crippen molar-refractivity contribution in [1.29, 1.82) is 0 Å². The smallest absolute Gasteiger partial charge is 0.265 e. The van der Waals surface area contributed by atoms with Gasteiger partial charge in [0.15, 0.2) is 0 Å². The lowest BCUT2D eigenvalue weighted by atomic mass is 10.1. The lowest BCUT2D eigenvalue weighted by Gasteiger charge is -2.21. The number of hydrogen-bond donors (Lipinski definition) is 0. The quantitative estimate of drug-likeness (QED) is 0.530. The Bertz CT molecular complexity index is 1060. The van der Waals surface area contributed by atoms with Crippen LogP contribution in [0.1, 0.15) is 41.6 Å². The maximum atomic E-state index is 13.3. The summed E-state index contributed by atoms with van der Waals surface area (Å²) < 4.78 is 5.32. The molecule has 0 aliphatic carbocycles. The van der Waals surface area contributed by atoms with Crippen LogP contribution >= 0.6 is 11.3 Å². The zero-order valence-electron chi connectivity index (χ0n) is 18.7. The molecule has 2 heterocycles. The molecule has 2 aromatic carbocycles. The van der Waals surface area contributed by atoms with E-state index in [1.807, 2.05) is 24.0 Å². The monoisotopic (exact) mass is 437 g/mol. The van der Waals surface area contributed by atoms with Gasteiger partial charge in [-0.25, -0.2) is 4.98 Å². The van der Waals surface area contributed by atoms with Crippen molar-refractivity contribution in [1.82, 2.24) is 14.8 Å². The summed E-state index contributed by atoms with van der Waals surface area (Å²) in [6.45, 7) is 8.98. The van der Waals surface area contributed by atoms with Gasteiger partial charge in [0.25, 0.3) is 5.91 Å². The molecule has 0 atom stereocenters. The first kappa shape index (κ1) is 21.8. The maximum Gasteiger partial charge on any atom is 0.265 e. The zero-order chi connectivity index (χ0) is 21.8. The summed E-state index contributed by atoms with van der Waals surface area (Å²) in [4.78, 5) is 23.3. The van der Waals surface area contributed by atoms with Crippen molar-refractivity contribution in [2.45, 2.75) is 33.1 Å². The highest BCUT2D eigenvalue weighted by atomic mass is 32.1. The molecule has 4 rings (SSSR count). The van der Waals surface area contributed by atoms with Gasteiger partial charge in [-0.2, -0.15) is 0 Å². The number of nitrogens with zero attached hydrogens (tertiary/aromatic N) is 3. The van der Waals surface area contributed by atoms with Crippen molar-refractivity contribution in [2.75, 3.05) is 39.8 Å². The molecule has 0 unspecified atom stereocenters. The summed E-state index contributed by atoms with van der Waals surface area (Å²) >= 11 is 1.51. The second kappa shape index (κ2) is 9.79. The first-order valence-electron chi connectivity index (χ1n) is 11.2. The summed E-state index contributed by atoms with van der Waals surface area (Å²) in [7, 11) is 1.68. The van der Waals surface area contributed by atoms with E-state index in [9.17, 15) is 4.79 Å². The molecule has 1 aromatic heterocycles. The van der Waals surface area contributed by atoms with Crippen LogP contribution in [0.25, 0.3) is 21.3 Å². The molecule has 3 aromatic rings. The van der Waals surface area contributed by atoms with Gasteiger partial charge in [-0.15, -0.1) is 11.3 Å². The molecule has 1 aliphatic rings. The highest BCUT2D eigenvalue weighted by Gasteiger charge is 2.24. The van der Waals surface area contributed by atoms with Gasteiger partial charge in [0.05, 0.1) is 12.8 Å². The van der Waals surface area contributed by atoms with Gasteiger partial charge < -0.3 is 14.5 Å². The summed E-state index contributed by atoms with van der Waals surface area (Å²) in [6, 6.07) is 12.4. The Morgan fingerprint density at radius 1 is 1.10 bits per heavy atom. The van der Waals surface area contributed by atoms with Gasteiger partial charge in [0.2, 0.25) is 0 Å². The Hall–Kier alpha value is -2.44. The van der Waals surface area contributed by atoms with E-state index < -0.39 is 0 Å². The van der Waals surface area contributed by atoms with Crippen LogP contribution in [0.5, 0.6) is 5.75 Å². The molecule has 0 bridgehead atoms. The molecular formula is C25H31N3O2S. The van der Waals surface area contributed by atoms with E-state index in [2.05, 4.69) is 36.1 Å². The topological polar surface area (TPSA) is 45.7 Å². The van der Waals surface area contributed by atoms with Crippen molar-refractivity contribution in [3.63, 3.8) is 0 Å². The molecule has 6 heteroatoms. The number of thiazole rings is 1. The summed E-state index contributed by atoms with van der Waals surface area (Å²) in [5, 5.41) is 3.17. The molecule has 0 N–H and O–H groups in total. The standard InChI is InChI=1S/C25H31N3O2S/c1-4-5-11-27-12-6-13-28(15-14-27)25(29)23-18(2)26-24(31-23)21-8-7-20-17-22(30-3)10-9-19(20)16-21/h7-10,16-17H,4-6,11-15H2,1-3H3. The number of unbranched alkanes of at least 4 members (excludes halogenated alkanes) is 1. The molecular weight excluding hydrogens is 406 g/mol. The highest BCUT2D eigenvalue weighted by molar-refractivity contribution is 7.17. The summed E-state index contributed by atoms with van der Waals surface area (Å²) in [5.41, 5.74) is 1.87. The van der Waals surface area contributed by atoms with Crippen molar-refractivity contribution in [3.8, 4) is 16.3 Å². The van der Waals surface area contributed by atoms with Crippen LogP contribution in [-0.4, -0.2) is 60.5 Å².